The Kier molecular flexibility index (Phi) is 7.17. The first-order valence-corrected chi connectivity index (χ1v) is 10.6. The molecule has 0 aliphatic carbocycles. The maximum atomic E-state index is 13.0. The number of hydrogen-bond donors (Lipinski definition) is 1. The molecule has 0 aliphatic rings. The minimum absolute atomic E-state index is 0.0500. The van der Waals surface area contributed by atoms with Crippen molar-refractivity contribution in [3.8, 4) is 0 Å². The van der Waals surface area contributed by atoms with Gasteiger partial charge in [-0.3, -0.25) is 4.79 Å². The Bertz CT molecular complexity index is 1010. The lowest BCUT2D eigenvalue weighted by molar-refractivity contribution is 0.0934. The lowest BCUT2D eigenvalue weighted by Crippen LogP contribution is -2.32. The van der Waals surface area contributed by atoms with Crippen LogP contribution in [-0.4, -0.2) is 19.5 Å². The van der Waals surface area contributed by atoms with Gasteiger partial charge in [0.1, 0.15) is 0 Å². The van der Waals surface area contributed by atoms with Crippen molar-refractivity contribution in [3.63, 3.8) is 0 Å². The van der Waals surface area contributed by atoms with E-state index >= 15 is 0 Å². The molecule has 1 N–H and O–H groups in total. The first-order valence-electron chi connectivity index (χ1n) is 10.3. The Hall–Kier alpha value is -2.78. The van der Waals surface area contributed by atoms with E-state index in [1.165, 1.54) is 11.3 Å². The molecule has 3 aromatic rings. The molecule has 1 atom stereocenters. The molecule has 1 amide bonds. The molecule has 30 heavy (non-hydrogen) atoms. The molecule has 0 spiro atoms. The maximum absolute atomic E-state index is 13.0. The van der Waals surface area contributed by atoms with Crippen LogP contribution >= 0.6 is 11.6 Å². The number of para-hydroxylation sites is 1. The number of nitrogens with one attached hydrogen (secondary N) is 1. The fourth-order valence-corrected chi connectivity index (χ4v) is 3.88. The molecule has 0 bridgehead atoms. The van der Waals surface area contributed by atoms with Gasteiger partial charge >= 0.3 is 0 Å². The van der Waals surface area contributed by atoms with Gasteiger partial charge in [0.25, 0.3) is 5.91 Å². The van der Waals surface area contributed by atoms with Crippen molar-refractivity contribution in [1.82, 2.24) is 5.32 Å². The van der Waals surface area contributed by atoms with Crippen molar-refractivity contribution < 1.29 is 4.79 Å². The molecular formula is C26H29ClN2O. The van der Waals surface area contributed by atoms with E-state index in [2.05, 4.69) is 42.4 Å². The van der Waals surface area contributed by atoms with E-state index in [1.807, 2.05) is 62.4 Å². The van der Waals surface area contributed by atoms with Crippen LogP contribution in [0.15, 0.2) is 66.7 Å². The van der Waals surface area contributed by atoms with Gasteiger partial charge in [-0.05, 0) is 68.1 Å². The Morgan fingerprint density at radius 2 is 1.67 bits per heavy atom. The highest BCUT2D eigenvalue weighted by atomic mass is 35.5. The zero-order valence-corrected chi connectivity index (χ0v) is 18.8. The summed E-state index contributed by atoms with van der Waals surface area (Å²) < 4.78 is 0. The largest absolute Gasteiger partial charge is 0.374 e. The highest BCUT2D eigenvalue weighted by Gasteiger charge is 2.18. The number of rotatable bonds is 7. The lowest BCUT2D eigenvalue weighted by Gasteiger charge is -2.26. The number of carbonyl (C=O) groups excluding carboxylic acids is 1. The average Bonchev–Trinajstić information content (AvgIpc) is 2.71. The topological polar surface area (TPSA) is 32.3 Å². The number of amides is 1. The SMILES string of the molecule is Cc1ccc(C(=O)NC(CCN(C)c2ccccc2C)c2ccc(Cl)cc2)c(C)c1. The second kappa shape index (κ2) is 9.82. The summed E-state index contributed by atoms with van der Waals surface area (Å²) in [6, 6.07) is 21.9. The van der Waals surface area contributed by atoms with Crippen LogP contribution in [0.25, 0.3) is 0 Å². The van der Waals surface area contributed by atoms with Crippen molar-refractivity contribution in [1.29, 1.82) is 0 Å². The molecular weight excluding hydrogens is 392 g/mol. The first-order chi connectivity index (χ1) is 14.3. The number of anilines is 1. The third kappa shape index (κ3) is 5.43. The molecule has 0 saturated heterocycles. The molecule has 0 fully saturated rings. The smallest absolute Gasteiger partial charge is 0.252 e. The van der Waals surface area contributed by atoms with Crippen LogP contribution in [0.2, 0.25) is 5.02 Å². The van der Waals surface area contributed by atoms with Gasteiger partial charge in [0.05, 0.1) is 6.04 Å². The summed E-state index contributed by atoms with van der Waals surface area (Å²) in [5, 5.41) is 3.93. The zero-order chi connectivity index (χ0) is 21.7. The number of aryl methyl sites for hydroxylation is 3. The van der Waals surface area contributed by atoms with Crippen LogP contribution in [0, 0.1) is 20.8 Å². The first kappa shape index (κ1) is 21.9. The van der Waals surface area contributed by atoms with Crippen molar-refractivity contribution in [2.45, 2.75) is 33.2 Å². The molecule has 3 aromatic carbocycles. The Labute approximate surface area is 184 Å². The van der Waals surface area contributed by atoms with Gasteiger partial charge in [-0.25, -0.2) is 0 Å². The predicted octanol–water partition coefficient (Wildman–Crippen LogP) is 6.26. The van der Waals surface area contributed by atoms with Gasteiger partial charge in [0.15, 0.2) is 0 Å². The third-order valence-electron chi connectivity index (χ3n) is 5.48. The minimum atomic E-state index is -0.109. The summed E-state index contributed by atoms with van der Waals surface area (Å²) in [6.45, 7) is 6.94. The third-order valence-corrected chi connectivity index (χ3v) is 5.74. The summed E-state index contributed by atoms with van der Waals surface area (Å²) in [7, 11) is 2.09. The van der Waals surface area contributed by atoms with Gasteiger partial charge < -0.3 is 10.2 Å². The molecule has 3 rings (SSSR count). The lowest BCUT2D eigenvalue weighted by atomic mass is 10.0. The second-order valence-electron chi connectivity index (χ2n) is 7.89. The summed E-state index contributed by atoms with van der Waals surface area (Å²) in [5.74, 6) is -0.0500. The van der Waals surface area contributed by atoms with Crippen LogP contribution in [0.5, 0.6) is 0 Å². The van der Waals surface area contributed by atoms with E-state index in [1.54, 1.807) is 0 Å². The second-order valence-corrected chi connectivity index (χ2v) is 8.33. The molecule has 0 aromatic heterocycles. The van der Waals surface area contributed by atoms with Crippen LogP contribution in [0.3, 0.4) is 0 Å². The summed E-state index contributed by atoms with van der Waals surface area (Å²) in [5.41, 5.74) is 6.34. The van der Waals surface area contributed by atoms with E-state index in [9.17, 15) is 4.79 Å². The Morgan fingerprint density at radius 3 is 2.33 bits per heavy atom. The van der Waals surface area contributed by atoms with Gasteiger partial charge in [-0.2, -0.15) is 0 Å². The average molecular weight is 421 g/mol. The molecule has 3 nitrogen and oxygen atoms in total. The van der Waals surface area contributed by atoms with Crippen molar-refractivity contribution >= 4 is 23.2 Å². The number of carbonyl (C=O) groups is 1. The number of hydrogen-bond acceptors (Lipinski definition) is 2. The van der Waals surface area contributed by atoms with Crippen molar-refractivity contribution in [2.24, 2.45) is 0 Å². The standard InChI is InChI=1S/C26H29ClN2O/c1-18-9-14-23(20(3)17-18)26(30)28-24(21-10-12-22(27)13-11-21)15-16-29(4)25-8-6-5-7-19(25)2/h5-14,17,24H,15-16H2,1-4H3,(H,28,30). The number of nitrogens with zero attached hydrogens (tertiary/aromatic N) is 1. The molecule has 0 radical (unpaired) electrons. The zero-order valence-electron chi connectivity index (χ0n) is 18.1. The summed E-state index contributed by atoms with van der Waals surface area (Å²) >= 11 is 6.08. The van der Waals surface area contributed by atoms with E-state index in [4.69, 9.17) is 11.6 Å². The van der Waals surface area contributed by atoms with E-state index in [0.29, 0.717) is 10.6 Å². The van der Waals surface area contributed by atoms with Gasteiger partial charge in [0, 0.05) is 29.9 Å². The molecule has 0 aliphatic heterocycles. The quantitative estimate of drug-likeness (QED) is 0.489. The monoisotopic (exact) mass is 420 g/mol. The fraction of sp³-hybridized carbons (Fsp3) is 0.269. The highest BCUT2D eigenvalue weighted by molar-refractivity contribution is 6.30. The minimum Gasteiger partial charge on any atom is -0.374 e. The number of halogens is 1. The van der Waals surface area contributed by atoms with Crippen LogP contribution in [-0.2, 0) is 0 Å². The fourth-order valence-electron chi connectivity index (χ4n) is 3.76. The molecule has 0 saturated carbocycles. The van der Waals surface area contributed by atoms with Gasteiger partial charge in [-0.15, -0.1) is 0 Å². The molecule has 156 valence electrons. The predicted molar refractivity (Wildman–Crippen MR) is 127 cm³/mol. The summed E-state index contributed by atoms with van der Waals surface area (Å²) in [6.07, 6.45) is 0.781. The van der Waals surface area contributed by atoms with E-state index in [0.717, 1.165) is 29.7 Å². The summed E-state index contributed by atoms with van der Waals surface area (Å²) in [4.78, 5) is 15.3. The maximum Gasteiger partial charge on any atom is 0.252 e. The van der Waals surface area contributed by atoms with Crippen molar-refractivity contribution in [2.75, 3.05) is 18.5 Å². The van der Waals surface area contributed by atoms with Gasteiger partial charge in [0.2, 0.25) is 0 Å². The molecule has 1 unspecified atom stereocenters. The van der Waals surface area contributed by atoms with E-state index < -0.39 is 0 Å². The van der Waals surface area contributed by atoms with Crippen LogP contribution < -0.4 is 10.2 Å². The number of benzene rings is 3. The molecule has 0 heterocycles. The normalized spacial score (nSPS) is 11.8. The Balaban J connectivity index is 1.79. The van der Waals surface area contributed by atoms with Gasteiger partial charge in [-0.1, -0.05) is 59.6 Å². The van der Waals surface area contributed by atoms with E-state index in [-0.39, 0.29) is 11.9 Å². The van der Waals surface area contributed by atoms with Crippen LogP contribution in [0.1, 0.15) is 45.1 Å². The molecule has 4 heteroatoms. The Morgan fingerprint density at radius 1 is 0.967 bits per heavy atom. The highest BCUT2D eigenvalue weighted by Crippen LogP contribution is 2.24. The van der Waals surface area contributed by atoms with Crippen molar-refractivity contribution in [3.05, 3.63) is 99.6 Å². The van der Waals surface area contributed by atoms with Crippen LogP contribution in [0.4, 0.5) is 5.69 Å².